The van der Waals surface area contributed by atoms with Crippen LogP contribution in [0.5, 0.6) is 11.5 Å². The first-order chi connectivity index (χ1) is 14.2. The fraction of sp³-hybridized carbons (Fsp3) is 0.208. The van der Waals surface area contributed by atoms with Gasteiger partial charge in [-0.3, -0.25) is 0 Å². The predicted octanol–water partition coefficient (Wildman–Crippen LogP) is 4.81. The van der Waals surface area contributed by atoms with Crippen molar-refractivity contribution in [3.05, 3.63) is 77.3 Å². The number of benzene rings is 3. The van der Waals surface area contributed by atoms with Crippen molar-refractivity contribution < 1.29 is 14.8 Å². The summed E-state index contributed by atoms with van der Waals surface area (Å²) in [4.78, 5) is 4.83. The van der Waals surface area contributed by atoms with E-state index < -0.39 is 0 Å². The number of ether oxygens (including phenoxy) is 2. The van der Waals surface area contributed by atoms with Crippen molar-refractivity contribution in [2.75, 3.05) is 14.2 Å². The molecular formula is C24H25N2O2S+. The van der Waals surface area contributed by atoms with Crippen molar-refractivity contribution >= 4 is 22.1 Å². The Morgan fingerprint density at radius 3 is 2.59 bits per heavy atom. The monoisotopic (exact) mass is 405 g/mol. The second-order valence-electron chi connectivity index (χ2n) is 7.01. The van der Waals surface area contributed by atoms with Gasteiger partial charge in [-0.2, -0.15) is 0 Å². The predicted molar refractivity (Wildman–Crippen MR) is 119 cm³/mol. The highest BCUT2D eigenvalue weighted by molar-refractivity contribution is 7.13. The molecule has 3 aromatic carbocycles. The summed E-state index contributed by atoms with van der Waals surface area (Å²) in [5.74, 6) is 1.45. The first-order valence-corrected chi connectivity index (χ1v) is 10.6. The molecule has 29 heavy (non-hydrogen) atoms. The summed E-state index contributed by atoms with van der Waals surface area (Å²) in [6, 6.07) is 21.4. The van der Waals surface area contributed by atoms with Gasteiger partial charge in [0.2, 0.25) is 0 Å². The molecule has 2 N–H and O–H groups in total. The maximum atomic E-state index is 5.41. The maximum Gasteiger partial charge on any atom is 0.161 e. The molecule has 0 bridgehead atoms. The van der Waals surface area contributed by atoms with Crippen LogP contribution in [0.25, 0.3) is 21.3 Å². The summed E-state index contributed by atoms with van der Waals surface area (Å²) in [5.41, 5.74) is 3.49. The summed E-state index contributed by atoms with van der Waals surface area (Å²) in [5, 5.41) is 8.08. The van der Waals surface area contributed by atoms with Gasteiger partial charge < -0.3 is 14.8 Å². The van der Waals surface area contributed by atoms with Crippen molar-refractivity contribution in [1.82, 2.24) is 4.98 Å². The number of rotatable bonds is 7. The molecule has 0 radical (unpaired) electrons. The lowest BCUT2D eigenvalue weighted by Crippen LogP contribution is -2.83. The summed E-state index contributed by atoms with van der Waals surface area (Å²) in [6.07, 6.45) is 0. The van der Waals surface area contributed by atoms with E-state index in [1.807, 2.05) is 18.2 Å². The fourth-order valence-electron chi connectivity index (χ4n) is 3.57. The third kappa shape index (κ3) is 4.11. The lowest BCUT2D eigenvalue weighted by Gasteiger charge is -2.13. The maximum absolute atomic E-state index is 5.41. The van der Waals surface area contributed by atoms with Crippen LogP contribution >= 0.6 is 11.3 Å². The molecule has 4 nitrogen and oxygen atoms in total. The van der Waals surface area contributed by atoms with Crippen molar-refractivity contribution in [3.8, 4) is 22.1 Å². The molecule has 0 saturated carbocycles. The standard InChI is InChI=1S/C24H24N2O2S/c1-16(20-10-6-8-17-7-4-5-9-21(17)20)25-14-19-15-29-24(26-19)18-11-12-22(27-2)23(13-18)28-3/h4-13,15-16,25H,14H2,1-3H3/p+1/t16-/m1/s1. The first-order valence-electron chi connectivity index (χ1n) is 9.67. The molecule has 4 rings (SSSR count). The minimum Gasteiger partial charge on any atom is -0.493 e. The number of quaternary nitrogens is 1. The summed E-state index contributed by atoms with van der Waals surface area (Å²) < 4.78 is 10.7. The third-order valence-corrected chi connectivity index (χ3v) is 6.12. The van der Waals surface area contributed by atoms with Gasteiger partial charge in [0.25, 0.3) is 0 Å². The van der Waals surface area contributed by atoms with E-state index in [1.165, 1.54) is 16.3 Å². The van der Waals surface area contributed by atoms with E-state index in [9.17, 15) is 0 Å². The zero-order valence-electron chi connectivity index (χ0n) is 16.9. The van der Waals surface area contributed by atoms with Crippen LogP contribution < -0.4 is 14.8 Å². The Kier molecular flexibility index (Phi) is 5.79. The van der Waals surface area contributed by atoms with E-state index in [2.05, 4.69) is 60.1 Å². The minimum atomic E-state index is 0.354. The van der Waals surface area contributed by atoms with Gasteiger partial charge in [0.1, 0.15) is 23.3 Å². The normalized spacial score (nSPS) is 12.1. The number of nitrogens with two attached hydrogens (primary N) is 1. The van der Waals surface area contributed by atoms with Gasteiger partial charge >= 0.3 is 0 Å². The Hall–Kier alpha value is -2.89. The van der Waals surface area contributed by atoms with E-state index in [0.717, 1.165) is 34.3 Å². The van der Waals surface area contributed by atoms with E-state index in [4.69, 9.17) is 14.5 Å². The number of methoxy groups -OCH3 is 2. The van der Waals surface area contributed by atoms with Crippen molar-refractivity contribution in [3.63, 3.8) is 0 Å². The molecule has 0 saturated heterocycles. The Morgan fingerprint density at radius 1 is 0.966 bits per heavy atom. The largest absolute Gasteiger partial charge is 0.493 e. The molecule has 0 aliphatic heterocycles. The molecule has 0 aliphatic carbocycles. The highest BCUT2D eigenvalue weighted by Crippen LogP contribution is 2.33. The molecule has 0 spiro atoms. The van der Waals surface area contributed by atoms with Crippen LogP contribution in [0.3, 0.4) is 0 Å². The van der Waals surface area contributed by atoms with Crippen LogP contribution in [0.15, 0.2) is 66.0 Å². The highest BCUT2D eigenvalue weighted by Gasteiger charge is 2.14. The number of thiazole rings is 1. The van der Waals surface area contributed by atoms with Gasteiger partial charge in [-0.25, -0.2) is 4.98 Å². The van der Waals surface area contributed by atoms with Gasteiger partial charge in [-0.15, -0.1) is 11.3 Å². The topological polar surface area (TPSA) is 48.0 Å². The van der Waals surface area contributed by atoms with Gasteiger partial charge in [0, 0.05) is 16.5 Å². The number of hydrogen-bond acceptors (Lipinski definition) is 4. The van der Waals surface area contributed by atoms with E-state index in [-0.39, 0.29) is 0 Å². The number of nitrogens with zero attached hydrogens (tertiary/aromatic N) is 1. The smallest absolute Gasteiger partial charge is 0.161 e. The molecule has 1 heterocycles. The highest BCUT2D eigenvalue weighted by atomic mass is 32.1. The van der Waals surface area contributed by atoms with E-state index >= 15 is 0 Å². The lowest BCUT2D eigenvalue weighted by atomic mass is 10.00. The zero-order chi connectivity index (χ0) is 20.2. The summed E-state index contributed by atoms with van der Waals surface area (Å²) in [7, 11) is 3.30. The zero-order valence-corrected chi connectivity index (χ0v) is 17.7. The Balaban J connectivity index is 1.48. The number of fused-ring (bicyclic) bond motifs is 1. The van der Waals surface area contributed by atoms with Crippen LogP contribution in [0, 0.1) is 0 Å². The molecule has 0 aliphatic rings. The molecule has 0 unspecified atom stereocenters. The van der Waals surface area contributed by atoms with Crippen LogP contribution in [-0.2, 0) is 6.54 Å². The third-order valence-electron chi connectivity index (χ3n) is 5.18. The van der Waals surface area contributed by atoms with Crippen LogP contribution in [0.4, 0.5) is 0 Å². The summed E-state index contributed by atoms with van der Waals surface area (Å²) in [6.45, 7) is 3.09. The molecule has 1 aromatic heterocycles. The fourth-order valence-corrected chi connectivity index (χ4v) is 4.40. The second kappa shape index (κ2) is 8.64. The Labute approximate surface area is 175 Å². The van der Waals surface area contributed by atoms with Crippen LogP contribution in [0.2, 0.25) is 0 Å². The first kappa shape index (κ1) is 19.4. The van der Waals surface area contributed by atoms with E-state index in [0.29, 0.717) is 6.04 Å². The summed E-state index contributed by atoms with van der Waals surface area (Å²) >= 11 is 1.66. The number of hydrogen-bond donors (Lipinski definition) is 1. The Bertz CT molecular complexity index is 1120. The van der Waals surface area contributed by atoms with Gasteiger partial charge in [0.05, 0.1) is 14.2 Å². The molecule has 1 atom stereocenters. The molecule has 148 valence electrons. The van der Waals surface area contributed by atoms with Crippen LogP contribution in [-0.4, -0.2) is 19.2 Å². The minimum absolute atomic E-state index is 0.354. The Morgan fingerprint density at radius 2 is 1.76 bits per heavy atom. The lowest BCUT2D eigenvalue weighted by molar-refractivity contribution is -0.708. The van der Waals surface area contributed by atoms with Gasteiger partial charge in [-0.1, -0.05) is 42.5 Å². The van der Waals surface area contributed by atoms with Crippen LogP contribution in [0.1, 0.15) is 24.2 Å². The molecular weight excluding hydrogens is 380 g/mol. The van der Waals surface area contributed by atoms with Crippen molar-refractivity contribution in [2.45, 2.75) is 19.5 Å². The number of aromatic nitrogens is 1. The molecule has 5 heteroatoms. The molecule has 4 aromatic rings. The molecule has 0 amide bonds. The van der Waals surface area contributed by atoms with Gasteiger partial charge in [-0.05, 0) is 35.9 Å². The van der Waals surface area contributed by atoms with Crippen molar-refractivity contribution in [2.24, 2.45) is 0 Å². The van der Waals surface area contributed by atoms with Gasteiger partial charge in [0.15, 0.2) is 11.5 Å². The quantitative estimate of drug-likeness (QED) is 0.480. The average Bonchev–Trinajstić information content (AvgIpc) is 3.25. The second-order valence-corrected chi connectivity index (χ2v) is 7.87. The molecule has 0 fully saturated rings. The average molecular weight is 406 g/mol. The SMILES string of the molecule is COc1ccc(-c2nc(C[NH2+][C@H](C)c3cccc4ccccc34)cs2)cc1OC. The van der Waals surface area contributed by atoms with E-state index in [1.54, 1.807) is 25.6 Å². The van der Waals surface area contributed by atoms with Crippen molar-refractivity contribution in [1.29, 1.82) is 0 Å².